The van der Waals surface area contributed by atoms with E-state index in [0.717, 1.165) is 30.3 Å². The zero-order chi connectivity index (χ0) is 15.8. The number of rotatable bonds is 3. The Morgan fingerprint density at radius 2 is 1.78 bits per heavy atom. The zero-order valence-electron chi connectivity index (χ0n) is 13.4. The summed E-state index contributed by atoms with van der Waals surface area (Å²) in [5.41, 5.74) is 3.93. The summed E-state index contributed by atoms with van der Waals surface area (Å²) in [5, 5.41) is 12.7. The smallest absolute Gasteiger partial charge is 0.120 e. The average molecular weight is 303 g/mol. The minimum absolute atomic E-state index is 0.391. The molecule has 4 rings (SSSR count). The molecular formula is C21H21NO. The van der Waals surface area contributed by atoms with Crippen LogP contribution in [0.5, 0.6) is 5.75 Å². The molecule has 0 fully saturated rings. The Hall–Kier alpha value is -2.32. The van der Waals surface area contributed by atoms with Crippen molar-refractivity contribution in [1.29, 1.82) is 0 Å². The van der Waals surface area contributed by atoms with Crippen LogP contribution in [0.2, 0.25) is 0 Å². The maximum Gasteiger partial charge on any atom is 0.120 e. The lowest BCUT2D eigenvalue weighted by Crippen LogP contribution is -2.22. The van der Waals surface area contributed by atoms with Gasteiger partial charge in [0.05, 0.1) is 0 Å². The van der Waals surface area contributed by atoms with Crippen molar-refractivity contribution in [1.82, 2.24) is 4.90 Å². The van der Waals surface area contributed by atoms with Gasteiger partial charge in [-0.2, -0.15) is 0 Å². The summed E-state index contributed by atoms with van der Waals surface area (Å²) in [6, 6.07) is 21.2. The highest BCUT2D eigenvalue weighted by molar-refractivity contribution is 5.87. The summed E-state index contributed by atoms with van der Waals surface area (Å²) in [6.45, 7) is 0.756. The van der Waals surface area contributed by atoms with E-state index in [-0.39, 0.29) is 0 Å². The van der Waals surface area contributed by atoms with Gasteiger partial charge in [0, 0.05) is 18.2 Å². The maximum absolute atomic E-state index is 10.4. The molecule has 0 bridgehead atoms. The van der Waals surface area contributed by atoms with Crippen LogP contribution in [0.1, 0.15) is 29.2 Å². The first-order valence-corrected chi connectivity index (χ1v) is 8.21. The van der Waals surface area contributed by atoms with Crippen molar-refractivity contribution in [3.8, 4) is 5.75 Å². The molecule has 3 aromatic rings. The lowest BCUT2D eigenvalue weighted by Gasteiger charge is -2.26. The van der Waals surface area contributed by atoms with E-state index in [1.54, 1.807) is 0 Å². The van der Waals surface area contributed by atoms with Gasteiger partial charge in [0.1, 0.15) is 5.75 Å². The first kappa shape index (κ1) is 14.3. The fraction of sp³-hybridized carbons (Fsp3) is 0.238. The SMILES string of the molecule is CN(Cc1c(O)ccc2ccccc12)C1CCc2ccccc21. The molecule has 23 heavy (non-hydrogen) atoms. The van der Waals surface area contributed by atoms with Gasteiger partial charge in [-0.3, -0.25) is 4.90 Å². The average Bonchev–Trinajstić information content (AvgIpc) is 3.01. The highest BCUT2D eigenvalue weighted by atomic mass is 16.3. The molecule has 0 saturated carbocycles. The largest absolute Gasteiger partial charge is 0.508 e. The summed E-state index contributed by atoms with van der Waals surface area (Å²) in [5.74, 6) is 0.391. The number of aromatic hydroxyl groups is 1. The van der Waals surface area contributed by atoms with Gasteiger partial charge in [-0.05, 0) is 47.9 Å². The van der Waals surface area contributed by atoms with Gasteiger partial charge >= 0.3 is 0 Å². The molecule has 0 radical (unpaired) electrons. The van der Waals surface area contributed by atoms with Crippen molar-refractivity contribution in [2.24, 2.45) is 0 Å². The predicted molar refractivity (Wildman–Crippen MR) is 94.6 cm³/mol. The van der Waals surface area contributed by atoms with Gasteiger partial charge in [-0.15, -0.1) is 0 Å². The number of phenolic OH excluding ortho intramolecular Hbond substituents is 1. The Kier molecular flexibility index (Phi) is 3.55. The Balaban J connectivity index is 1.68. The van der Waals surface area contributed by atoms with Crippen molar-refractivity contribution >= 4 is 10.8 Å². The molecule has 1 aliphatic rings. The molecule has 0 aromatic heterocycles. The number of hydrogen-bond donors (Lipinski definition) is 1. The second-order valence-corrected chi connectivity index (χ2v) is 6.45. The van der Waals surface area contributed by atoms with E-state index < -0.39 is 0 Å². The zero-order valence-corrected chi connectivity index (χ0v) is 13.4. The number of hydrogen-bond acceptors (Lipinski definition) is 2. The summed E-state index contributed by atoms with van der Waals surface area (Å²) in [4.78, 5) is 2.37. The minimum Gasteiger partial charge on any atom is -0.508 e. The summed E-state index contributed by atoms with van der Waals surface area (Å²) in [6.07, 6.45) is 2.30. The van der Waals surface area contributed by atoms with Crippen molar-refractivity contribution in [3.63, 3.8) is 0 Å². The summed E-state index contributed by atoms with van der Waals surface area (Å²) in [7, 11) is 2.16. The van der Waals surface area contributed by atoms with Crippen LogP contribution < -0.4 is 0 Å². The van der Waals surface area contributed by atoms with Gasteiger partial charge in [0.25, 0.3) is 0 Å². The highest BCUT2D eigenvalue weighted by Gasteiger charge is 2.26. The molecule has 2 nitrogen and oxygen atoms in total. The minimum atomic E-state index is 0.391. The second kappa shape index (κ2) is 5.71. The molecular weight excluding hydrogens is 282 g/mol. The fourth-order valence-corrected chi connectivity index (χ4v) is 3.84. The summed E-state index contributed by atoms with van der Waals surface area (Å²) < 4.78 is 0. The monoisotopic (exact) mass is 303 g/mol. The van der Waals surface area contributed by atoms with Crippen molar-refractivity contribution < 1.29 is 5.11 Å². The number of nitrogens with zero attached hydrogens (tertiary/aromatic N) is 1. The Morgan fingerprint density at radius 3 is 2.70 bits per heavy atom. The lowest BCUT2D eigenvalue weighted by molar-refractivity contribution is 0.234. The van der Waals surface area contributed by atoms with Gasteiger partial charge in [-0.1, -0.05) is 54.6 Å². The van der Waals surface area contributed by atoms with Gasteiger partial charge in [-0.25, -0.2) is 0 Å². The summed E-state index contributed by atoms with van der Waals surface area (Å²) >= 11 is 0. The third-order valence-electron chi connectivity index (χ3n) is 5.06. The van der Waals surface area contributed by atoms with E-state index in [4.69, 9.17) is 0 Å². The van der Waals surface area contributed by atoms with Crippen molar-refractivity contribution in [3.05, 3.63) is 77.4 Å². The number of benzene rings is 3. The van der Waals surface area contributed by atoms with Crippen LogP contribution in [-0.2, 0) is 13.0 Å². The van der Waals surface area contributed by atoms with E-state index >= 15 is 0 Å². The van der Waals surface area contributed by atoms with E-state index in [2.05, 4.69) is 48.3 Å². The Morgan fingerprint density at radius 1 is 1.00 bits per heavy atom. The van der Waals surface area contributed by atoms with Gasteiger partial charge in [0.2, 0.25) is 0 Å². The lowest BCUT2D eigenvalue weighted by atomic mass is 10.0. The van der Waals surface area contributed by atoms with Crippen LogP contribution in [0.3, 0.4) is 0 Å². The molecule has 2 heteroatoms. The van der Waals surface area contributed by atoms with Crippen LogP contribution in [0, 0.1) is 0 Å². The molecule has 1 aliphatic carbocycles. The molecule has 0 spiro atoms. The second-order valence-electron chi connectivity index (χ2n) is 6.45. The van der Waals surface area contributed by atoms with Crippen molar-refractivity contribution in [2.45, 2.75) is 25.4 Å². The molecule has 0 heterocycles. The Bertz CT molecular complexity index is 855. The highest BCUT2D eigenvalue weighted by Crippen LogP contribution is 2.37. The molecule has 1 atom stereocenters. The predicted octanol–water partition coefficient (Wildman–Crippen LogP) is 4.66. The number of fused-ring (bicyclic) bond motifs is 2. The van der Waals surface area contributed by atoms with E-state index in [1.165, 1.54) is 16.5 Å². The molecule has 1 unspecified atom stereocenters. The fourth-order valence-electron chi connectivity index (χ4n) is 3.84. The molecule has 1 N–H and O–H groups in total. The van der Waals surface area contributed by atoms with Gasteiger partial charge < -0.3 is 5.11 Å². The first-order valence-electron chi connectivity index (χ1n) is 8.21. The van der Waals surface area contributed by atoms with Crippen LogP contribution in [0.15, 0.2) is 60.7 Å². The van der Waals surface area contributed by atoms with Crippen LogP contribution in [-0.4, -0.2) is 17.1 Å². The molecule has 116 valence electrons. The Labute approximate surface area is 137 Å². The van der Waals surface area contributed by atoms with Gasteiger partial charge in [0.15, 0.2) is 0 Å². The molecule has 0 amide bonds. The molecule has 0 aliphatic heterocycles. The normalized spacial score (nSPS) is 16.9. The number of aryl methyl sites for hydroxylation is 1. The molecule has 3 aromatic carbocycles. The van der Waals surface area contributed by atoms with E-state index in [0.29, 0.717) is 11.8 Å². The van der Waals surface area contributed by atoms with Crippen LogP contribution in [0.25, 0.3) is 10.8 Å². The third kappa shape index (κ3) is 2.49. The van der Waals surface area contributed by atoms with Crippen LogP contribution in [0.4, 0.5) is 0 Å². The molecule has 0 saturated heterocycles. The maximum atomic E-state index is 10.4. The first-order chi connectivity index (χ1) is 11.2. The third-order valence-corrected chi connectivity index (χ3v) is 5.06. The topological polar surface area (TPSA) is 23.5 Å². The standard InChI is InChI=1S/C21H21NO/c1-22(20-12-10-16-7-3-5-9-18(16)20)14-19-17-8-4-2-6-15(17)11-13-21(19)23/h2-9,11,13,20,23H,10,12,14H2,1H3. The quantitative estimate of drug-likeness (QED) is 0.760. The van der Waals surface area contributed by atoms with E-state index in [1.807, 2.05) is 24.3 Å². The van der Waals surface area contributed by atoms with E-state index in [9.17, 15) is 5.11 Å². The number of phenols is 1. The van der Waals surface area contributed by atoms with Crippen molar-refractivity contribution in [2.75, 3.05) is 7.05 Å². The van der Waals surface area contributed by atoms with Crippen LogP contribution >= 0.6 is 0 Å².